The Bertz CT molecular complexity index is 371. The highest BCUT2D eigenvalue weighted by Crippen LogP contribution is 2.25. The van der Waals surface area contributed by atoms with Crippen molar-refractivity contribution >= 4 is 11.8 Å². The molecule has 1 rings (SSSR count). The van der Waals surface area contributed by atoms with Gasteiger partial charge in [0.05, 0.1) is 12.1 Å². The fourth-order valence-corrected chi connectivity index (χ4v) is 2.74. The largest absolute Gasteiger partial charge is 0.491 e. The van der Waals surface area contributed by atoms with Gasteiger partial charge in [-0.2, -0.15) is 11.8 Å². The van der Waals surface area contributed by atoms with Crippen LogP contribution in [-0.2, 0) is 0 Å². The van der Waals surface area contributed by atoms with Crippen molar-refractivity contribution in [2.24, 2.45) is 5.84 Å². The van der Waals surface area contributed by atoms with Crippen LogP contribution in [0.3, 0.4) is 0 Å². The summed E-state index contributed by atoms with van der Waals surface area (Å²) in [5.74, 6) is 7.55. The molecule has 0 spiro atoms. The Morgan fingerprint density at radius 3 is 2.63 bits per heavy atom. The normalized spacial score (nSPS) is 14.4. The number of hydrazine groups is 1. The number of thioether (sulfide) groups is 1. The van der Waals surface area contributed by atoms with Gasteiger partial charge in [0.1, 0.15) is 5.75 Å². The van der Waals surface area contributed by atoms with Crippen molar-refractivity contribution in [1.29, 1.82) is 0 Å². The van der Waals surface area contributed by atoms with Gasteiger partial charge in [-0.3, -0.25) is 11.3 Å². The second-order valence-corrected chi connectivity index (χ2v) is 6.48. The van der Waals surface area contributed by atoms with E-state index in [-0.39, 0.29) is 12.1 Å². The maximum absolute atomic E-state index is 5.72. The summed E-state index contributed by atoms with van der Waals surface area (Å²) in [6.45, 7) is 8.52. The molecule has 2 unspecified atom stereocenters. The number of nitrogens with one attached hydrogen (secondary N) is 1. The van der Waals surface area contributed by atoms with E-state index < -0.39 is 0 Å². The summed E-state index contributed by atoms with van der Waals surface area (Å²) in [5, 5.41) is 0.658. The van der Waals surface area contributed by atoms with E-state index >= 15 is 0 Å². The van der Waals surface area contributed by atoms with E-state index in [9.17, 15) is 0 Å². The van der Waals surface area contributed by atoms with Crippen molar-refractivity contribution in [1.82, 2.24) is 5.43 Å². The molecule has 2 atom stereocenters. The molecule has 0 amide bonds. The number of nitrogens with two attached hydrogens (primary N) is 1. The van der Waals surface area contributed by atoms with Crippen molar-refractivity contribution in [3.05, 3.63) is 29.8 Å². The van der Waals surface area contributed by atoms with Crippen LogP contribution >= 0.6 is 11.8 Å². The summed E-state index contributed by atoms with van der Waals surface area (Å²) in [6, 6.07) is 8.33. The zero-order valence-electron chi connectivity index (χ0n) is 12.3. The van der Waals surface area contributed by atoms with E-state index in [0.717, 1.165) is 11.5 Å². The molecule has 0 heterocycles. The van der Waals surface area contributed by atoms with E-state index in [1.807, 2.05) is 37.7 Å². The topological polar surface area (TPSA) is 47.3 Å². The molecule has 0 saturated carbocycles. The maximum atomic E-state index is 5.72. The first-order valence-corrected chi connectivity index (χ1v) is 7.96. The Kier molecular flexibility index (Phi) is 7.28. The molecular weight excluding hydrogens is 256 g/mol. The molecular formula is C15H26N2OS. The average molecular weight is 282 g/mol. The Labute approximate surface area is 121 Å². The van der Waals surface area contributed by atoms with Crippen LogP contribution in [0.4, 0.5) is 0 Å². The summed E-state index contributed by atoms with van der Waals surface area (Å²) >= 11 is 1.94. The molecule has 0 radical (unpaired) electrons. The third kappa shape index (κ3) is 5.85. The Balaban J connectivity index is 2.69. The molecule has 0 aliphatic rings. The molecule has 0 aliphatic heterocycles. The SMILES string of the molecule is CCC(C)SCC(NN)c1cccc(OC(C)C)c1. The van der Waals surface area contributed by atoms with Crippen LogP contribution in [0.2, 0.25) is 0 Å². The van der Waals surface area contributed by atoms with Gasteiger partial charge in [-0.05, 0) is 38.0 Å². The van der Waals surface area contributed by atoms with E-state index in [4.69, 9.17) is 10.6 Å². The summed E-state index contributed by atoms with van der Waals surface area (Å²) in [4.78, 5) is 0. The van der Waals surface area contributed by atoms with Crippen molar-refractivity contribution in [2.75, 3.05) is 5.75 Å². The van der Waals surface area contributed by atoms with Crippen LogP contribution in [0.25, 0.3) is 0 Å². The smallest absolute Gasteiger partial charge is 0.120 e. The number of hydrogen-bond acceptors (Lipinski definition) is 4. The zero-order chi connectivity index (χ0) is 14.3. The monoisotopic (exact) mass is 282 g/mol. The van der Waals surface area contributed by atoms with Gasteiger partial charge in [0.25, 0.3) is 0 Å². The lowest BCUT2D eigenvalue weighted by Gasteiger charge is -2.19. The second kappa shape index (κ2) is 8.46. The van der Waals surface area contributed by atoms with Gasteiger partial charge in [0.15, 0.2) is 0 Å². The molecule has 0 fully saturated rings. The van der Waals surface area contributed by atoms with Crippen LogP contribution in [0, 0.1) is 0 Å². The standard InChI is InChI=1S/C15H26N2OS/c1-5-12(4)19-10-15(17-16)13-7-6-8-14(9-13)18-11(2)3/h6-9,11-12,15,17H,5,10,16H2,1-4H3. The van der Waals surface area contributed by atoms with Gasteiger partial charge in [0, 0.05) is 11.0 Å². The number of hydrogen-bond donors (Lipinski definition) is 2. The van der Waals surface area contributed by atoms with Crippen LogP contribution in [0.1, 0.15) is 45.7 Å². The minimum atomic E-state index is 0.162. The lowest BCUT2D eigenvalue weighted by atomic mass is 10.1. The van der Waals surface area contributed by atoms with Crippen LogP contribution in [0.5, 0.6) is 5.75 Å². The molecule has 3 nitrogen and oxygen atoms in total. The van der Waals surface area contributed by atoms with Gasteiger partial charge in [0.2, 0.25) is 0 Å². The second-order valence-electron chi connectivity index (χ2n) is 5.01. The molecule has 0 aliphatic carbocycles. The molecule has 0 bridgehead atoms. The maximum Gasteiger partial charge on any atom is 0.120 e. The summed E-state index contributed by atoms with van der Waals surface area (Å²) in [6.07, 6.45) is 1.37. The predicted molar refractivity (Wildman–Crippen MR) is 84.5 cm³/mol. The molecule has 1 aromatic carbocycles. The van der Waals surface area contributed by atoms with Crippen molar-refractivity contribution < 1.29 is 4.74 Å². The van der Waals surface area contributed by atoms with Crippen molar-refractivity contribution in [2.45, 2.75) is 51.5 Å². The highest BCUT2D eigenvalue weighted by Gasteiger charge is 2.12. The van der Waals surface area contributed by atoms with Gasteiger partial charge in [-0.15, -0.1) is 0 Å². The first-order valence-electron chi connectivity index (χ1n) is 6.91. The van der Waals surface area contributed by atoms with E-state index in [0.29, 0.717) is 5.25 Å². The predicted octanol–water partition coefficient (Wildman–Crippen LogP) is 3.51. The number of rotatable bonds is 8. The Morgan fingerprint density at radius 1 is 1.32 bits per heavy atom. The third-order valence-electron chi connectivity index (χ3n) is 2.96. The van der Waals surface area contributed by atoms with Gasteiger partial charge < -0.3 is 4.74 Å². The molecule has 4 heteroatoms. The molecule has 3 N–H and O–H groups in total. The number of benzene rings is 1. The Hall–Kier alpha value is -0.710. The zero-order valence-corrected chi connectivity index (χ0v) is 13.2. The average Bonchev–Trinajstić information content (AvgIpc) is 2.38. The lowest BCUT2D eigenvalue weighted by Crippen LogP contribution is -2.30. The quantitative estimate of drug-likeness (QED) is 0.566. The van der Waals surface area contributed by atoms with Gasteiger partial charge >= 0.3 is 0 Å². The first-order chi connectivity index (χ1) is 9.06. The summed E-state index contributed by atoms with van der Waals surface area (Å²) in [5.41, 5.74) is 4.08. The number of ether oxygens (including phenoxy) is 1. The van der Waals surface area contributed by atoms with Crippen LogP contribution in [0.15, 0.2) is 24.3 Å². The first kappa shape index (κ1) is 16.3. The minimum absolute atomic E-state index is 0.162. The van der Waals surface area contributed by atoms with Gasteiger partial charge in [-0.25, -0.2) is 0 Å². The minimum Gasteiger partial charge on any atom is -0.491 e. The van der Waals surface area contributed by atoms with Crippen molar-refractivity contribution in [3.8, 4) is 5.75 Å². The fourth-order valence-electron chi connectivity index (χ4n) is 1.70. The van der Waals surface area contributed by atoms with E-state index in [1.165, 1.54) is 12.0 Å². The van der Waals surface area contributed by atoms with Crippen LogP contribution < -0.4 is 16.0 Å². The lowest BCUT2D eigenvalue weighted by molar-refractivity contribution is 0.242. The van der Waals surface area contributed by atoms with Crippen molar-refractivity contribution in [3.63, 3.8) is 0 Å². The van der Waals surface area contributed by atoms with Crippen LogP contribution in [-0.4, -0.2) is 17.1 Å². The highest BCUT2D eigenvalue weighted by atomic mass is 32.2. The Morgan fingerprint density at radius 2 is 2.05 bits per heavy atom. The van der Waals surface area contributed by atoms with E-state index in [1.54, 1.807) is 0 Å². The highest BCUT2D eigenvalue weighted by molar-refractivity contribution is 7.99. The molecule has 0 saturated heterocycles. The molecule has 108 valence electrons. The van der Waals surface area contributed by atoms with Gasteiger partial charge in [-0.1, -0.05) is 26.0 Å². The summed E-state index contributed by atoms with van der Waals surface area (Å²) < 4.78 is 5.72. The van der Waals surface area contributed by atoms with E-state index in [2.05, 4.69) is 31.4 Å². The third-order valence-corrected chi connectivity index (χ3v) is 4.38. The molecule has 1 aromatic rings. The molecule has 0 aromatic heterocycles. The fraction of sp³-hybridized carbons (Fsp3) is 0.600. The molecule has 19 heavy (non-hydrogen) atoms. The summed E-state index contributed by atoms with van der Waals surface area (Å²) in [7, 11) is 0.